The fourth-order valence-electron chi connectivity index (χ4n) is 1.64. The summed E-state index contributed by atoms with van der Waals surface area (Å²) >= 11 is 0. The van der Waals surface area contributed by atoms with E-state index in [4.69, 9.17) is 0 Å². The average Bonchev–Trinajstić information content (AvgIpc) is 2.36. The van der Waals surface area contributed by atoms with Crippen molar-refractivity contribution in [2.24, 2.45) is 0 Å². The van der Waals surface area contributed by atoms with Crippen molar-refractivity contribution in [2.45, 2.75) is 9.79 Å². The number of rotatable bonds is 7. The molecule has 21 heavy (non-hydrogen) atoms. The second kappa shape index (κ2) is 6.73. The van der Waals surface area contributed by atoms with Gasteiger partial charge in [0.2, 0.25) is 10.0 Å². The van der Waals surface area contributed by atoms with Gasteiger partial charge in [-0.3, -0.25) is 0 Å². The van der Waals surface area contributed by atoms with Gasteiger partial charge < -0.3 is 10.2 Å². The first kappa shape index (κ1) is 17.9. The zero-order valence-electron chi connectivity index (χ0n) is 12.5. The summed E-state index contributed by atoms with van der Waals surface area (Å²) < 4.78 is 50.2. The molecule has 0 aromatic heterocycles. The summed E-state index contributed by atoms with van der Waals surface area (Å²) in [7, 11) is -2.02. The van der Waals surface area contributed by atoms with E-state index in [1.807, 2.05) is 19.0 Å². The predicted octanol–water partition coefficient (Wildman–Crippen LogP) is -0.0283. The van der Waals surface area contributed by atoms with Crippen LogP contribution in [0.4, 0.5) is 5.69 Å². The van der Waals surface area contributed by atoms with Crippen LogP contribution in [-0.4, -0.2) is 62.2 Å². The van der Waals surface area contributed by atoms with Crippen molar-refractivity contribution in [1.29, 1.82) is 0 Å². The number of benzene rings is 1. The third-order valence-electron chi connectivity index (χ3n) is 2.79. The highest BCUT2D eigenvalue weighted by molar-refractivity contribution is 7.91. The Morgan fingerprint density at radius 3 is 2.24 bits per heavy atom. The van der Waals surface area contributed by atoms with E-state index in [0.29, 0.717) is 12.2 Å². The summed E-state index contributed by atoms with van der Waals surface area (Å²) in [5.74, 6) is 0. The Labute approximate surface area is 126 Å². The molecule has 0 unspecified atom stereocenters. The molecule has 0 radical (unpaired) electrons. The lowest BCUT2D eigenvalue weighted by molar-refractivity contribution is 0.412. The van der Waals surface area contributed by atoms with Gasteiger partial charge in [0.05, 0.1) is 10.6 Å². The molecule has 0 heterocycles. The van der Waals surface area contributed by atoms with Crippen LogP contribution in [0, 0.1) is 0 Å². The molecular weight excluding hydrogens is 314 g/mol. The second-order valence-electron chi connectivity index (χ2n) is 4.88. The van der Waals surface area contributed by atoms with Crippen LogP contribution in [0.2, 0.25) is 0 Å². The van der Waals surface area contributed by atoms with Crippen molar-refractivity contribution >= 4 is 25.5 Å². The molecule has 0 atom stereocenters. The molecule has 0 aliphatic heterocycles. The van der Waals surface area contributed by atoms with Crippen molar-refractivity contribution in [2.75, 3.05) is 45.8 Å². The van der Waals surface area contributed by atoms with E-state index in [9.17, 15) is 16.8 Å². The minimum Gasteiger partial charge on any atom is -0.387 e. The number of nitrogens with zero attached hydrogens (tertiary/aromatic N) is 1. The molecule has 0 aliphatic rings. The lowest BCUT2D eigenvalue weighted by Gasteiger charge is -2.14. The van der Waals surface area contributed by atoms with Gasteiger partial charge in [-0.05, 0) is 32.3 Å². The molecule has 0 fully saturated rings. The molecule has 9 heteroatoms. The van der Waals surface area contributed by atoms with Crippen molar-refractivity contribution in [3.05, 3.63) is 18.2 Å². The Kier molecular flexibility index (Phi) is 5.74. The summed E-state index contributed by atoms with van der Waals surface area (Å²) in [5.41, 5.74) is 0.347. The molecule has 120 valence electrons. The largest absolute Gasteiger partial charge is 0.387 e. The molecule has 7 nitrogen and oxygen atoms in total. The van der Waals surface area contributed by atoms with Gasteiger partial charge in [0.1, 0.15) is 4.90 Å². The predicted molar refractivity (Wildman–Crippen MR) is 82.8 cm³/mol. The van der Waals surface area contributed by atoms with Gasteiger partial charge in [-0.2, -0.15) is 0 Å². The molecule has 0 bridgehead atoms. The molecule has 0 saturated heterocycles. The Bertz CT molecular complexity index is 697. The van der Waals surface area contributed by atoms with Gasteiger partial charge in [0.15, 0.2) is 9.84 Å². The van der Waals surface area contributed by atoms with Crippen LogP contribution in [-0.2, 0) is 19.9 Å². The van der Waals surface area contributed by atoms with Gasteiger partial charge in [0, 0.05) is 26.4 Å². The van der Waals surface area contributed by atoms with Gasteiger partial charge in [-0.25, -0.2) is 21.6 Å². The van der Waals surface area contributed by atoms with Crippen LogP contribution in [0.15, 0.2) is 28.0 Å². The molecule has 1 aromatic carbocycles. The fourth-order valence-corrected chi connectivity index (χ4v) is 3.62. The van der Waals surface area contributed by atoms with E-state index in [0.717, 1.165) is 6.26 Å². The number of sulfonamides is 1. The number of nitrogens with one attached hydrogen (secondary N) is 2. The summed E-state index contributed by atoms with van der Waals surface area (Å²) in [4.78, 5) is 1.73. The third-order valence-corrected chi connectivity index (χ3v) is 5.40. The first-order valence-corrected chi connectivity index (χ1v) is 9.61. The zero-order chi connectivity index (χ0) is 16.3. The molecule has 0 aliphatic carbocycles. The maximum absolute atomic E-state index is 12.3. The normalized spacial score (nSPS) is 12.6. The summed E-state index contributed by atoms with van der Waals surface area (Å²) in [6, 6.07) is 3.98. The molecule has 0 spiro atoms. The standard InChI is InChI=1S/C12H21N3O4S2/c1-13-11-6-5-10(20(4,16)17)9-12(11)21(18,19)14-7-8-15(2)3/h5-6,9,13-14H,7-8H2,1-4H3. The molecule has 1 aromatic rings. The fraction of sp³-hybridized carbons (Fsp3) is 0.500. The van der Waals surface area contributed by atoms with Crippen LogP contribution >= 0.6 is 0 Å². The van der Waals surface area contributed by atoms with Gasteiger partial charge in [-0.1, -0.05) is 0 Å². The highest BCUT2D eigenvalue weighted by Crippen LogP contribution is 2.24. The van der Waals surface area contributed by atoms with Crippen LogP contribution in [0.1, 0.15) is 0 Å². The zero-order valence-corrected chi connectivity index (χ0v) is 14.2. The highest BCUT2D eigenvalue weighted by atomic mass is 32.2. The summed E-state index contributed by atoms with van der Waals surface area (Å²) in [6.45, 7) is 0.779. The van der Waals surface area contributed by atoms with E-state index in [1.165, 1.54) is 18.2 Å². The lowest BCUT2D eigenvalue weighted by atomic mass is 10.3. The minimum atomic E-state index is -3.79. The first-order valence-electron chi connectivity index (χ1n) is 6.24. The quantitative estimate of drug-likeness (QED) is 0.727. The first-order chi connectivity index (χ1) is 9.58. The van der Waals surface area contributed by atoms with Gasteiger partial charge >= 0.3 is 0 Å². The smallest absolute Gasteiger partial charge is 0.242 e. The topological polar surface area (TPSA) is 95.6 Å². The van der Waals surface area contributed by atoms with E-state index in [-0.39, 0.29) is 16.3 Å². The third kappa shape index (κ3) is 4.95. The highest BCUT2D eigenvalue weighted by Gasteiger charge is 2.20. The number of sulfone groups is 1. The van der Waals surface area contributed by atoms with E-state index in [1.54, 1.807) is 7.05 Å². The number of hydrogen-bond donors (Lipinski definition) is 2. The number of hydrogen-bond acceptors (Lipinski definition) is 6. The average molecular weight is 335 g/mol. The molecular formula is C12H21N3O4S2. The van der Waals surface area contributed by atoms with Crippen LogP contribution in [0.25, 0.3) is 0 Å². The Morgan fingerprint density at radius 2 is 1.76 bits per heavy atom. The Hall–Kier alpha value is -1.16. The van der Waals surface area contributed by atoms with E-state index in [2.05, 4.69) is 10.0 Å². The SMILES string of the molecule is CNc1ccc(S(C)(=O)=O)cc1S(=O)(=O)NCCN(C)C. The van der Waals surface area contributed by atoms with Gasteiger partial charge in [-0.15, -0.1) is 0 Å². The molecule has 0 amide bonds. The van der Waals surface area contributed by atoms with Crippen molar-refractivity contribution < 1.29 is 16.8 Å². The molecule has 2 N–H and O–H groups in total. The van der Waals surface area contributed by atoms with Crippen molar-refractivity contribution in [3.8, 4) is 0 Å². The van der Waals surface area contributed by atoms with Gasteiger partial charge in [0.25, 0.3) is 0 Å². The maximum Gasteiger partial charge on any atom is 0.242 e. The second-order valence-corrected chi connectivity index (χ2v) is 8.63. The van der Waals surface area contributed by atoms with E-state index >= 15 is 0 Å². The Morgan fingerprint density at radius 1 is 1.14 bits per heavy atom. The Balaban J connectivity index is 3.20. The van der Waals surface area contributed by atoms with Crippen LogP contribution in [0.3, 0.4) is 0 Å². The maximum atomic E-state index is 12.3. The summed E-state index contributed by atoms with van der Waals surface area (Å²) in [5, 5.41) is 2.76. The van der Waals surface area contributed by atoms with Crippen molar-refractivity contribution in [3.63, 3.8) is 0 Å². The minimum absolute atomic E-state index is 0.0329. The summed E-state index contributed by atoms with van der Waals surface area (Å²) in [6.07, 6.45) is 1.04. The van der Waals surface area contributed by atoms with E-state index < -0.39 is 19.9 Å². The number of anilines is 1. The lowest BCUT2D eigenvalue weighted by Crippen LogP contribution is -2.31. The monoisotopic (exact) mass is 335 g/mol. The number of likely N-dealkylation sites (N-methyl/N-ethyl adjacent to an activating group) is 1. The van der Waals surface area contributed by atoms with Crippen LogP contribution < -0.4 is 10.0 Å². The molecule has 0 saturated carbocycles. The molecule has 1 rings (SSSR count). The van der Waals surface area contributed by atoms with Crippen molar-refractivity contribution in [1.82, 2.24) is 9.62 Å². The van der Waals surface area contributed by atoms with Crippen LogP contribution in [0.5, 0.6) is 0 Å².